The molecule has 1 rings (SSSR count). The van der Waals surface area contributed by atoms with Gasteiger partial charge in [0.15, 0.2) is 0 Å². The lowest BCUT2D eigenvalue weighted by Crippen LogP contribution is -2.46. The van der Waals surface area contributed by atoms with E-state index in [9.17, 15) is 0 Å². The molecule has 0 spiro atoms. The monoisotopic (exact) mass is 283 g/mol. The van der Waals surface area contributed by atoms with Crippen molar-refractivity contribution in [3.8, 4) is 0 Å². The SMILES string of the molecule is CCOC(C(N)Cc1ccc(C)cc1Cl)C(C)(C)C. The fraction of sp³-hybridized carbons (Fsp3) is 0.625. The third kappa shape index (κ3) is 4.79. The van der Waals surface area contributed by atoms with Crippen LogP contribution in [0, 0.1) is 12.3 Å². The molecule has 0 saturated carbocycles. The number of halogens is 1. The maximum Gasteiger partial charge on any atom is 0.0777 e. The molecule has 2 N–H and O–H groups in total. The second kappa shape index (κ2) is 6.74. The zero-order valence-corrected chi connectivity index (χ0v) is 13.4. The molecule has 1 aromatic carbocycles. The molecular weight excluding hydrogens is 258 g/mol. The van der Waals surface area contributed by atoms with E-state index in [1.165, 1.54) is 5.56 Å². The number of ether oxygens (including phenoxy) is 1. The molecule has 0 aliphatic rings. The molecule has 19 heavy (non-hydrogen) atoms. The molecule has 0 aliphatic heterocycles. The smallest absolute Gasteiger partial charge is 0.0777 e. The van der Waals surface area contributed by atoms with Gasteiger partial charge in [0.2, 0.25) is 0 Å². The average molecular weight is 284 g/mol. The maximum atomic E-state index is 6.35. The highest BCUT2D eigenvalue weighted by Crippen LogP contribution is 2.27. The van der Waals surface area contributed by atoms with Crippen LogP contribution in [0.5, 0.6) is 0 Å². The van der Waals surface area contributed by atoms with Crippen molar-refractivity contribution in [2.24, 2.45) is 11.1 Å². The lowest BCUT2D eigenvalue weighted by Gasteiger charge is -2.35. The molecule has 0 fully saturated rings. The lowest BCUT2D eigenvalue weighted by atomic mass is 9.82. The highest BCUT2D eigenvalue weighted by Gasteiger charge is 2.31. The van der Waals surface area contributed by atoms with E-state index in [2.05, 4.69) is 32.9 Å². The minimum atomic E-state index is -0.0554. The minimum Gasteiger partial charge on any atom is -0.376 e. The van der Waals surface area contributed by atoms with Crippen LogP contribution in [-0.4, -0.2) is 18.8 Å². The van der Waals surface area contributed by atoms with Crippen molar-refractivity contribution < 1.29 is 4.74 Å². The van der Waals surface area contributed by atoms with Gasteiger partial charge in [-0.3, -0.25) is 0 Å². The minimum absolute atomic E-state index is 0.0204. The Bertz CT molecular complexity index is 412. The summed E-state index contributed by atoms with van der Waals surface area (Å²) in [6.45, 7) is 11.2. The van der Waals surface area contributed by atoms with Crippen LogP contribution in [0.25, 0.3) is 0 Å². The van der Waals surface area contributed by atoms with Gasteiger partial charge in [0.05, 0.1) is 6.10 Å². The first-order valence-electron chi connectivity index (χ1n) is 6.88. The summed E-state index contributed by atoms with van der Waals surface area (Å²) in [5, 5.41) is 0.791. The second-order valence-electron chi connectivity index (χ2n) is 6.20. The Morgan fingerprint density at radius 2 is 1.95 bits per heavy atom. The van der Waals surface area contributed by atoms with Gasteiger partial charge in [-0.15, -0.1) is 0 Å². The van der Waals surface area contributed by atoms with E-state index in [0.29, 0.717) is 6.61 Å². The van der Waals surface area contributed by atoms with Gasteiger partial charge in [-0.2, -0.15) is 0 Å². The number of rotatable bonds is 5. The Balaban J connectivity index is 2.84. The van der Waals surface area contributed by atoms with Crippen LogP contribution in [0.4, 0.5) is 0 Å². The predicted molar refractivity (Wildman–Crippen MR) is 82.7 cm³/mol. The molecule has 3 heteroatoms. The van der Waals surface area contributed by atoms with Crippen LogP contribution in [0.1, 0.15) is 38.8 Å². The highest BCUT2D eigenvalue weighted by atomic mass is 35.5. The first kappa shape index (κ1) is 16.5. The van der Waals surface area contributed by atoms with Gasteiger partial charge in [-0.25, -0.2) is 0 Å². The largest absolute Gasteiger partial charge is 0.376 e. The van der Waals surface area contributed by atoms with Crippen LogP contribution < -0.4 is 5.73 Å². The molecule has 0 radical (unpaired) electrons. The normalized spacial score (nSPS) is 15.3. The van der Waals surface area contributed by atoms with Crippen LogP contribution in [-0.2, 0) is 11.2 Å². The standard InChI is InChI=1S/C16H26ClNO/c1-6-19-15(16(3,4)5)14(18)10-12-8-7-11(2)9-13(12)17/h7-9,14-15H,6,10,18H2,1-5H3. The van der Waals surface area contributed by atoms with E-state index in [4.69, 9.17) is 22.1 Å². The Labute approximate surface area is 122 Å². The molecule has 0 aromatic heterocycles. The lowest BCUT2D eigenvalue weighted by molar-refractivity contribution is -0.0274. The first-order valence-corrected chi connectivity index (χ1v) is 7.25. The Morgan fingerprint density at radius 1 is 1.32 bits per heavy atom. The Hall–Kier alpha value is -0.570. The van der Waals surface area contributed by atoms with Gasteiger partial charge in [-0.05, 0) is 42.9 Å². The molecule has 2 unspecified atom stereocenters. The number of hydrogen-bond acceptors (Lipinski definition) is 2. The third-order valence-corrected chi connectivity index (χ3v) is 3.60. The number of nitrogens with two attached hydrogens (primary N) is 1. The van der Waals surface area contributed by atoms with Gasteiger partial charge in [0, 0.05) is 17.7 Å². The van der Waals surface area contributed by atoms with Crippen molar-refractivity contribution >= 4 is 11.6 Å². The molecule has 0 bridgehead atoms. The maximum absolute atomic E-state index is 6.35. The molecule has 2 nitrogen and oxygen atoms in total. The summed E-state index contributed by atoms with van der Waals surface area (Å²) in [6, 6.07) is 6.06. The summed E-state index contributed by atoms with van der Waals surface area (Å²) < 4.78 is 5.84. The summed E-state index contributed by atoms with van der Waals surface area (Å²) >= 11 is 6.27. The molecule has 108 valence electrons. The van der Waals surface area contributed by atoms with Gasteiger partial charge in [0.1, 0.15) is 0 Å². The average Bonchev–Trinajstić information content (AvgIpc) is 2.28. The summed E-state index contributed by atoms with van der Waals surface area (Å²) in [5.41, 5.74) is 8.62. The fourth-order valence-electron chi connectivity index (χ4n) is 2.37. The molecule has 0 aliphatic carbocycles. The van der Waals surface area contributed by atoms with Crippen molar-refractivity contribution in [3.05, 3.63) is 34.3 Å². The van der Waals surface area contributed by atoms with Gasteiger partial charge in [0.25, 0.3) is 0 Å². The number of aryl methyl sites for hydroxylation is 1. The van der Waals surface area contributed by atoms with E-state index < -0.39 is 0 Å². The van der Waals surface area contributed by atoms with E-state index in [1.54, 1.807) is 0 Å². The zero-order chi connectivity index (χ0) is 14.6. The summed E-state index contributed by atoms with van der Waals surface area (Å²) in [5.74, 6) is 0. The van der Waals surface area contributed by atoms with Crippen LogP contribution >= 0.6 is 11.6 Å². The molecule has 0 heterocycles. The molecule has 1 aromatic rings. The van der Waals surface area contributed by atoms with Crippen molar-refractivity contribution in [2.75, 3.05) is 6.61 Å². The zero-order valence-electron chi connectivity index (χ0n) is 12.7. The van der Waals surface area contributed by atoms with E-state index in [-0.39, 0.29) is 17.6 Å². The molecule has 2 atom stereocenters. The highest BCUT2D eigenvalue weighted by molar-refractivity contribution is 6.31. The summed E-state index contributed by atoms with van der Waals surface area (Å²) in [4.78, 5) is 0. The summed E-state index contributed by atoms with van der Waals surface area (Å²) in [7, 11) is 0. The second-order valence-corrected chi connectivity index (χ2v) is 6.61. The Morgan fingerprint density at radius 3 is 2.42 bits per heavy atom. The number of benzene rings is 1. The van der Waals surface area contributed by atoms with Crippen LogP contribution in [0.3, 0.4) is 0 Å². The van der Waals surface area contributed by atoms with Crippen LogP contribution in [0.2, 0.25) is 5.02 Å². The van der Waals surface area contributed by atoms with Gasteiger partial charge in [-0.1, -0.05) is 44.5 Å². The molecule has 0 amide bonds. The van der Waals surface area contributed by atoms with E-state index >= 15 is 0 Å². The Kier molecular flexibility index (Phi) is 5.84. The van der Waals surface area contributed by atoms with Gasteiger partial charge >= 0.3 is 0 Å². The summed E-state index contributed by atoms with van der Waals surface area (Å²) in [6.07, 6.45) is 0.760. The quantitative estimate of drug-likeness (QED) is 0.887. The molecule has 0 saturated heterocycles. The van der Waals surface area contributed by atoms with Crippen molar-refractivity contribution in [1.29, 1.82) is 0 Å². The number of hydrogen-bond donors (Lipinski definition) is 1. The topological polar surface area (TPSA) is 35.2 Å². The van der Waals surface area contributed by atoms with Crippen LogP contribution in [0.15, 0.2) is 18.2 Å². The third-order valence-electron chi connectivity index (χ3n) is 3.25. The van der Waals surface area contributed by atoms with Crippen molar-refractivity contribution in [1.82, 2.24) is 0 Å². The van der Waals surface area contributed by atoms with Crippen molar-refractivity contribution in [2.45, 2.75) is 53.2 Å². The first-order chi connectivity index (χ1) is 8.75. The van der Waals surface area contributed by atoms with Gasteiger partial charge < -0.3 is 10.5 Å². The molecular formula is C16H26ClNO. The van der Waals surface area contributed by atoms with E-state index in [1.807, 2.05) is 19.9 Å². The van der Waals surface area contributed by atoms with E-state index in [0.717, 1.165) is 17.0 Å². The van der Waals surface area contributed by atoms with Crippen molar-refractivity contribution in [3.63, 3.8) is 0 Å². The fourth-order valence-corrected chi connectivity index (χ4v) is 2.69. The predicted octanol–water partition coefficient (Wildman–Crippen LogP) is 3.97.